The summed E-state index contributed by atoms with van der Waals surface area (Å²) in [4.78, 5) is 0. The second-order valence-corrected chi connectivity index (χ2v) is 4.34. The van der Waals surface area contributed by atoms with Crippen molar-refractivity contribution < 1.29 is 10.2 Å². The van der Waals surface area contributed by atoms with Gasteiger partial charge in [-0.3, -0.25) is 0 Å². The van der Waals surface area contributed by atoms with Crippen molar-refractivity contribution in [2.45, 2.75) is 44.8 Å². The van der Waals surface area contributed by atoms with Gasteiger partial charge in [-0.15, -0.1) is 0 Å². The maximum Gasteiger partial charge on any atom is 0.0852 e. The Balaban J connectivity index is 2.77. The average Bonchev–Trinajstić information content (AvgIpc) is 1.96. The molecule has 0 radical (unpaired) electrons. The highest BCUT2D eigenvalue weighted by atomic mass is 16.3. The Morgan fingerprint density at radius 3 is 2.08 bits per heavy atom. The van der Waals surface area contributed by atoms with Crippen molar-refractivity contribution in [1.29, 1.82) is 0 Å². The predicted molar refractivity (Wildman–Crippen MR) is 48.8 cm³/mol. The zero-order chi connectivity index (χ0) is 9.41. The molecule has 0 spiro atoms. The van der Waals surface area contributed by atoms with Gasteiger partial charge in [0.15, 0.2) is 0 Å². The fraction of sp³-hybridized carbons (Fsp3) is 0.800. The van der Waals surface area contributed by atoms with Crippen LogP contribution in [0.4, 0.5) is 0 Å². The first-order chi connectivity index (χ1) is 5.36. The van der Waals surface area contributed by atoms with Crippen LogP contribution in [0.5, 0.6) is 0 Å². The van der Waals surface area contributed by atoms with Crippen molar-refractivity contribution in [2.24, 2.45) is 5.92 Å². The Hall–Kier alpha value is -0.340. The van der Waals surface area contributed by atoms with Crippen LogP contribution in [-0.2, 0) is 0 Å². The van der Waals surface area contributed by atoms with Crippen LogP contribution in [0.25, 0.3) is 0 Å². The molecule has 0 aromatic heterocycles. The van der Waals surface area contributed by atoms with Crippen LogP contribution < -0.4 is 0 Å². The van der Waals surface area contributed by atoms with Gasteiger partial charge < -0.3 is 10.2 Å². The molecule has 0 aromatic carbocycles. The minimum absolute atomic E-state index is 0.213. The lowest BCUT2D eigenvalue weighted by molar-refractivity contribution is -0.00853. The van der Waals surface area contributed by atoms with Crippen LogP contribution in [0.15, 0.2) is 12.2 Å². The Bertz CT molecular complexity index is 194. The normalized spacial score (nSPS) is 42.2. The third-order valence-corrected chi connectivity index (χ3v) is 2.76. The molecule has 0 bridgehead atoms. The average molecular weight is 170 g/mol. The maximum absolute atomic E-state index is 9.98. The highest BCUT2D eigenvalue weighted by molar-refractivity contribution is 5.14. The highest BCUT2D eigenvalue weighted by Crippen LogP contribution is 2.33. The molecule has 2 N–H and O–H groups in total. The minimum atomic E-state index is -0.721. The molecule has 0 amide bonds. The molecule has 2 heteroatoms. The summed E-state index contributed by atoms with van der Waals surface area (Å²) in [6.45, 7) is 5.75. The first-order valence-corrected chi connectivity index (χ1v) is 4.51. The molecule has 70 valence electrons. The zero-order valence-electron chi connectivity index (χ0n) is 8.04. The lowest BCUT2D eigenvalue weighted by atomic mass is 9.77. The van der Waals surface area contributed by atoms with Gasteiger partial charge in [-0.25, -0.2) is 0 Å². The summed E-state index contributed by atoms with van der Waals surface area (Å²) in [6.07, 6.45) is 4.73. The van der Waals surface area contributed by atoms with Gasteiger partial charge in [0.05, 0.1) is 11.2 Å². The molecule has 1 aliphatic rings. The van der Waals surface area contributed by atoms with E-state index >= 15 is 0 Å². The third kappa shape index (κ3) is 1.87. The number of rotatable bonds is 1. The summed E-state index contributed by atoms with van der Waals surface area (Å²) in [6, 6.07) is 0. The molecule has 0 saturated carbocycles. The third-order valence-electron chi connectivity index (χ3n) is 2.76. The van der Waals surface area contributed by atoms with E-state index in [4.69, 9.17) is 0 Å². The van der Waals surface area contributed by atoms with E-state index in [1.807, 2.05) is 13.8 Å². The second kappa shape index (κ2) is 2.86. The molecule has 1 rings (SSSR count). The molecule has 0 saturated heterocycles. The number of hydrogen-bond donors (Lipinski definition) is 2. The molecule has 0 aromatic rings. The Kier molecular flexibility index (Phi) is 2.32. The van der Waals surface area contributed by atoms with Crippen molar-refractivity contribution in [1.82, 2.24) is 0 Å². The summed E-state index contributed by atoms with van der Waals surface area (Å²) < 4.78 is 0. The molecule has 2 atom stereocenters. The summed E-state index contributed by atoms with van der Waals surface area (Å²) in [5.41, 5.74) is -1.43. The van der Waals surface area contributed by atoms with Crippen LogP contribution >= 0.6 is 0 Å². The van der Waals surface area contributed by atoms with Crippen molar-refractivity contribution in [3.8, 4) is 0 Å². The zero-order valence-corrected chi connectivity index (χ0v) is 8.04. The lowest BCUT2D eigenvalue weighted by Gasteiger charge is -2.36. The molecule has 0 unspecified atom stereocenters. The van der Waals surface area contributed by atoms with E-state index in [0.717, 1.165) is 0 Å². The fourth-order valence-corrected chi connectivity index (χ4v) is 1.42. The first kappa shape index (κ1) is 9.75. The molecule has 2 nitrogen and oxygen atoms in total. The smallest absolute Gasteiger partial charge is 0.0852 e. The highest BCUT2D eigenvalue weighted by Gasteiger charge is 2.35. The van der Waals surface area contributed by atoms with Gasteiger partial charge in [0.2, 0.25) is 0 Å². The monoisotopic (exact) mass is 170 g/mol. The van der Waals surface area contributed by atoms with Gasteiger partial charge >= 0.3 is 0 Å². The molecule has 1 aliphatic carbocycles. The SMILES string of the molecule is CC(C)[C@]1(O)C=C[C@](C)(O)CC1. The first-order valence-electron chi connectivity index (χ1n) is 4.51. The minimum Gasteiger partial charge on any atom is -0.386 e. The van der Waals surface area contributed by atoms with Crippen LogP contribution in [0.3, 0.4) is 0 Å². The van der Waals surface area contributed by atoms with Gasteiger partial charge in [-0.2, -0.15) is 0 Å². The lowest BCUT2D eigenvalue weighted by Crippen LogP contribution is -2.40. The van der Waals surface area contributed by atoms with E-state index < -0.39 is 11.2 Å². The topological polar surface area (TPSA) is 40.5 Å². The van der Waals surface area contributed by atoms with E-state index in [0.29, 0.717) is 12.8 Å². The second-order valence-electron chi connectivity index (χ2n) is 4.34. The molecular formula is C10H18O2. The van der Waals surface area contributed by atoms with E-state index in [1.165, 1.54) is 0 Å². The number of aliphatic hydroxyl groups is 2. The predicted octanol–water partition coefficient (Wildman–Crippen LogP) is 1.47. The summed E-state index contributed by atoms with van der Waals surface area (Å²) in [5, 5.41) is 19.6. The van der Waals surface area contributed by atoms with Crippen LogP contribution in [0, 0.1) is 5.92 Å². The van der Waals surface area contributed by atoms with E-state index in [9.17, 15) is 10.2 Å². The largest absolute Gasteiger partial charge is 0.386 e. The van der Waals surface area contributed by atoms with E-state index in [1.54, 1.807) is 19.1 Å². The summed E-state index contributed by atoms with van der Waals surface area (Å²) in [5.74, 6) is 0.213. The standard InChI is InChI=1S/C10H18O2/c1-8(2)10(12)6-4-9(3,11)5-7-10/h4,6,8,11-12H,5,7H2,1-3H3/t9-,10-/m0/s1. The Labute approximate surface area is 73.9 Å². The van der Waals surface area contributed by atoms with Crippen molar-refractivity contribution in [3.05, 3.63) is 12.2 Å². The van der Waals surface area contributed by atoms with E-state index in [2.05, 4.69) is 0 Å². The van der Waals surface area contributed by atoms with Crippen LogP contribution in [-0.4, -0.2) is 21.4 Å². The van der Waals surface area contributed by atoms with Crippen molar-refractivity contribution >= 4 is 0 Å². The fourth-order valence-electron chi connectivity index (χ4n) is 1.42. The van der Waals surface area contributed by atoms with Crippen LogP contribution in [0.2, 0.25) is 0 Å². The molecule has 12 heavy (non-hydrogen) atoms. The molecular weight excluding hydrogens is 152 g/mol. The Morgan fingerprint density at radius 2 is 1.75 bits per heavy atom. The van der Waals surface area contributed by atoms with Crippen molar-refractivity contribution in [2.75, 3.05) is 0 Å². The van der Waals surface area contributed by atoms with Gasteiger partial charge in [0.1, 0.15) is 0 Å². The van der Waals surface area contributed by atoms with Gasteiger partial charge in [0, 0.05) is 0 Å². The van der Waals surface area contributed by atoms with E-state index in [-0.39, 0.29) is 5.92 Å². The van der Waals surface area contributed by atoms with Gasteiger partial charge in [-0.1, -0.05) is 26.0 Å². The van der Waals surface area contributed by atoms with Gasteiger partial charge in [-0.05, 0) is 25.7 Å². The summed E-state index contributed by atoms with van der Waals surface area (Å²) >= 11 is 0. The quantitative estimate of drug-likeness (QED) is 0.585. The molecule has 0 heterocycles. The summed E-state index contributed by atoms with van der Waals surface area (Å²) in [7, 11) is 0. The molecule has 0 aliphatic heterocycles. The molecule has 0 fully saturated rings. The maximum atomic E-state index is 9.98. The van der Waals surface area contributed by atoms with Gasteiger partial charge in [0.25, 0.3) is 0 Å². The van der Waals surface area contributed by atoms with Crippen molar-refractivity contribution in [3.63, 3.8) is 0 Å². The van der Waals surface area contributed by atoms with Crippen LogP contribution in [0.1, 0.15) is 33.6 Å². The number of hydrogen-bond acceptors (Lipinski definition) is 2. The Morgan fingerprint density at radius 1 is 1.17 bits per heavy atom.